The first-order chi connectivity index (χ1) is 9.61. The molecule has 0 saturated carbocycles. The number of benzene rings is 2. The van der Waals surface area contributed by atoms with Crippen molar-refractivity contribution < 1.29 is 4.79 Å². The van der Waals surface area contributed by atoms with E-state index in [0.717, 1.165) is 27.6 Å². The second kappa shape index (κ2) is 6.85. The van der Waals surface area contributed by atoms with Gasteiger partial charge in [0.2, 0.25) is 0 Å². The smallest absolute Gasteiger partial charge is 0.193 e. The van der Waals surface area contributed by atoms with E-state index in [2.05, 4.69) is 35.0 Å². The molecule has 0 bridgehead atoms. The first-order valence-electron chi connectivity index (χ1n) is 7.01. The SMILES string of the molecule is CCCCc1ccc(C(=O)c2cc(Br)ccc2C)cc1. The van der Waals surface area contributed by atoms with Crippen LogP contribution < -0.4 is 0 Å². The molecular formula is C18H19BrO. The zero-order chi connectivity index (χ0) is 14.5. The standard InChI is InChI=1S/C18H19BrO/c1-3-4-5-14-7-9-15(10-8-14)18(20)17-12-16(19)11-6-13(17)2/h6-12H,3-5H2,1-2H3. The van der Waals surface area contributed by atoms with Gasteiger partial charge in [-0.1, -0.05) is 59.6 Å². The van der Waals surface area contributed by atoms with Crippen molar-refractivity contribution in [2.45, 2.75) is 33.1 Å². The van der Waals surface area contributed by atoms with Crippen molar-refractivity contribution in [3.8, 4) is 0 Å². The highest BCUT2D eigenvalue weighted by atomic mass is 79.9. The first-order valence-corrected chi connectivity index (χ1v) is 7.81. The number of rotatable bonds is 5. The summed E-state index contributed by atoms with van der Waals surface area (Å²) >= 11 is 3.42. The Hall–Kier alpha value is -1.41. The molecule has 0 fully saturated rings. The Balaban J connectivity index is 2.22. The highest BCUT2D eigenvalue weighted by molar-refractivity contribution is 9.10. The molecule has 0 amide bonds. The van der Waals surface area contributed by atoms with Crippen molar-refractivity contribution in [2.24, 2.45) is 0 Å². The summed E-state index contributed by atoms with van der Waals surface area (Å²) in [7, 11) is 0. The van der Waals surface area contributed by atoms with E-state index < -0.39 is 0 Å². The van der Waals surface area contributed by atoms with E-state index in [1.165, 1.54) is 18.4 Å². The largest absolute Gasteiger partial charge is 0.289 e. The Morgan fingerprint density at radius 3 is 2.45 bits per heavy atom. The maximum absolute atomic E-state index is 12.5. The summed E-state index contributed by atoms with van der Waals surface area (Å²) in [6.45, 7) is 4.16. The molecule has 0 saturated heterocycles. The highest BCUT2D eigenvalue weighted by Gasteiger charge is 2.12. The quantitative estimate of drug-likeness (QED) is 0.677. The number of unbranched alkanes of at least 4 members (excludes halogenated alkanes) is 1. The molecule has 0 atom stereocenters. The second-order valence-electron chi connectivity index (χ2n) is 5.09. The van der Waals surface area contributed by atoms with E-state index in [-0.39, 0.29) is 5.78 Å². The molecule has 2 rings (SSSR count). The number of hydrogen-bond donors (Lipinski definition) is 0. The van der Waals surface area contributed by atoms with Gasteiger partial charge in [-0.25, -0.2) is 0 Å². The topological polar surface area (TPSA) is 17.1 Å². The third-order valence-corrected chi connectivity index (χ3v) is 3.97. The van der Waals surface area contributed by atoms with Crippen molar-refractivity contribution in [2.75, 3.05) is 0 Å². The summed E-state index contributed by atoms with van der Waals surface area (Å²) in [5.74, 6) is 0.0887. The summed E-state index contributed by atoms with van der Waals surface area (Å²) in [6, 6.07) is 13.8. The van der Waals surface area contributed by atoms with Crippen LogP contribution >= 0.6 is 15.9 Å². The highest BCUT2D eigenvalue weighted by Crippen LogP contribution is 2.20. The maximum Gasteiger partial charge on any atom is 0.193 e. The molecule has 0 aliphatic heterocycles. The second-order valence-corrected chi connectivity index (χ2v) is 6.00. The molecule has 0 radical (unpaired) electrons. The molecule has 0 spiro atoms. The monoisotopic (exact) mass is 330 g/mol. The molecule has 1 nitrogen and oxygen atoms in total. The van der Waals surface area contributed by atoms with E-state index in [9.17, 15) is 4.79 Å². The Morgan fingerprint density at radius 2 is 1.80 bits per heavy atom. The molecule has 0 aromatic heterocycles. The number of halogens is 1. The van der Waals surface area contributed by atoms with Crippen LogP contribution in [0.1, 0.15) is 46.8 Å². The van der Waals surface area contributed by atoms with E-state index in [1.807, 2.05) is 37.3 Å². The van der Waals surface area contributed by atoms with Gasteiger partial charge < -0.3 is 0 Å². The molecule has 2 heteroatoms. The molecule has 20 heavy (non-hydrogen) atoms. The van der Waals surface area contributed by atoms with Crippen molar-refractivity contribution in [1.82, 2.24) is 0 Å². The minimum Gasteiger partial charge on any atom is -0.289 e. The minimum absolute atomic E-state index is 0.0887. The van der Waals surface area contributed by atoms with Crippen LogP contribution in [0.5, 0.6) is 0 Å². The average Bonchev–Trinajstić information content (AvgIpc) is 2.47. The van der Waals surface area contributed by atoms with Gasteiger partial charge in [-0.3, -0.25) is 4.79 Å². The fourth-order valence-electron chi connectivity index (χ4n) is 2.20. The van der Waals surface area contributed by atoms with Crippen LogP contribution in [0, 0.1) is 6.92 Å². The Morgan fingerprint density at radius 1 is 1.10 bits per heavy atom. The van der Waals surface area contributed by atoms with Crippen LogP contribution in [0.2, 0.25) is 0 Å². The Kier molecular flexibility index (Phi) is 5.13. The van der Waals surface area contributed by atoms with Gasteiger partial charge in [-0.15, -0.1) is 0 Å². The van der Waals surface area contributed by atoms with Gasteiger partial charge in [0.1, 0.15) is 0 Å². The maximum atomic E-state index is 12.5. The van der Waals surface area contributed by atoms with Crippen LogP contribution in [0.3, 0.4) is 0 Å². The lowest BCUT2D eigenvalue weighted by Crippen LogP contribution is -2.04. The van der Waals surface area contributed by atoms with E-state index in [4.69, 9.17) is 0 Å². The molecular weight excluding hydrogens is 312 g/mol. The predicted octanol–water partition coefficient (Wildman–Crippen LogP) is 5.33. The number of ketones is 1. The fraction of sp³-hybridized carbons (Fsp3) is 0.278. The van der Waals surface area contributed by atoms with Crippen LogP contribution in [0.25, 0.3) is 0 Å². The molecule has 0 N–H and O–H groups in total. The van der Waals surface area contributed by atoms with Gasteiger partial charge in [0.15, 0.2) is 5.78 Å². The Labute approximate surface area is 129 Å². The number of carbonyl (C=O) groups excluding carboxylic acids is 1. The zero-order valence-electron chi connectivity index (χ0n) is 11.9. The first kappa shape index (κ1) is 15.0. The fourth-order valence-corrected chi connectivity index (χ4v) is 2.56. The van der Waals surface area contributed by atoms with Gasteiger partial charge >= 0.3 is 0 Å². The lowest BCUT2D eigenvalue weighted by atomic mass is 9.97. The molecule has 0 unspecified atom stereocenters. The van der Waals surface area contributed by atoms with Gasteiger partial charge in [-0.05, 0) is 43.0 Å². The number of hydrogen-bond acceptors (Lipinski definition) is 1. The van der Waals surface area contributed by atoms with Gasteiger partial charge in [0, 0.05) is 15.6 Å². The average molecular weight is 331 g/mol. The third-order valence-electron chi connectivity index (χ3n) is 3.48. The minimum atomic E-state index is 0.0887. The molecule has 2 aromatic carbocycles. The van der Waals surface area contributed by atoms with Gasteiger partial charge in [-0.2, -0.15) is 0 Å². The predicted molar refractivity (Wildman–Crippen MR) is 87.4 cm³/mol. The van der Waals surface area contributed by atoms with Crippen LogP contribution in [-0.4, -0.2) is 5.78 Å². The summed E-state index contributed by atoms with van der Waals surface area (Å²) in [5, 5.41) is 0. The third kappa shape index (κ3) is 3.57. The number of carbonyl (C=O) groups is 1. The molecule has 0 aliphatic carbocycles. The number of aryl methyl sites for hydroxylation is 2. The van der Waals surface area contributed by atoms with Crippen LogP contribution in [0.4, 0.5) is 0 Å². The lowest BCUT2D eigenvalue weighted by Gasteiger charge is -2.07. The summed E-state index contributed by atoms with van der Waals surface area (Å²) in [4.78, 5) is 12.5. The molecule has 0 aliphatic rings. The van der Waals surface area contributed by atoms with Crippen molar-refractivity contribution in [3.05, 3.63) is 69.2 Å². The van der Waals surface area contributed by atoms with E-state index in [0.29, 0.717) is 0 Å². The summed E-state index contributed by atoms with van der Waals surface area (Å²) in [5.41, 5.74) is 3.83. The van der Waals surface area contributed by atoms with Gasteiger partial charge in [0.05, 0.1) is 0 Å². The van der Waals surface area contributed by atoms with Crippen molar-refractivity contribution in [3.63, 3.8) is 0 Å². The molecule has 2 aromatic rings. The van der Waals surface area contributed by atoms with Crippen LogP contribution in [-0.2, 0) is 6.42 Å². The Bertz CT molecular complexity index is 599. The lowest BCUT2D eigenvalue weighted by molar-refractivity contribution is 0.103. The zero-order valence-corrected chi connectivity index (χ0v) is 13.5. The molecule has 104 valence electrons. The summed E-state index contributed by atoms with van der Waals surface area (Å²) in [6.07, 6.45) is 3.47. The normalized spacial score (nSPS) is 10.6. The van der Waals surface area contributed by atoms with Gasteiger partial charge in [0.25, 0.3) is 0 Å². The molecule has 0 heterocycles. The van der Waals surface area contributed by atoms with Crippen molar-refractivity contribution in [1.29, 1.82) is 0 Å². The van der Waals surface area contributed by atoms with E-state index >= 15 is 0 Å². The van der Waals surface area contributed by atoms with E-state index in [1.54, 1.807) is 0 Å². The van der Waals surface area contributed by atoms with Crippen LogP contribution in [0.15, 0.2) is 46.9 Å². The van der Waals surface area contributed by atoms with Crippen molar-refractivity contribution >= 4 is 21.7 Å². The summed E-state index contributed by atoms with van der Waals surface area (Å²) < 4.78 is 0.936.